The first kappa shape index (κ1) is 12.4. The molecular formula is C13H20N2OS. The molecule has 94 valence electrons. The Hall–Kier alpha value is -1.03. The van der Waals surface area contributed by atoms with Crippen LogP contribution >= 0.6 is 11.3 Å². The molecule has 0 saturated heterocycles. The first-order chi connectivity index (χ1) is 8.06. The maximum Gasteiger partial charge on any atom is 0.261 e. The van der Waals surface area contributed by atoms with Gasteiger partial charge in [0.05, 0.1) is 4.88 Å². The summed E-state index contributed by atoms with van der Waals surface area (Å²) >= 11 is 1.47. The van der Waals surface area contributed by atoms with Crippen molar-refractivity contribution in [2.75, 3.05) is 5.73 Å². The smallest absolute Gasteiger partial charge is 0.261 e. The Bertz CT molecular complexity index is 394. The average Bonchev–Trinajstić information content (AvgIpc) is 2.59. The van der Waals surface area contributed by atoms with E-state index in [1.165, 1.54) is 24.2 Å². The minimum absolute atomic E-state index is 0.0360. The van der Waals surface area contributed by atoms with Crippen molar-refractivity contribution in [3.8, 4) is 0 Å². The number of aryl methyl sites for hydroxylation is 1. The lowest BCUT2D eigenvalue weighted by molar-refractivity contribution is 0.0925. The van der Waals surface area contributed by atoms with Gasteiger partial charge in [0.1, 0.15) is 0 Å². The number of rotatable bonds is 2. The van der Waals surface area contributed by atoms with Gasteiger partial charge in [-0.15, -0.1) is 11.3 Å². The molecule has 3 nitrogen and oxygen atoms in total. The Balaban J connectivity index is 1.96. The van der Waals surface area contributed by atoms with Crippen molar-refractivity contribution < 1.29 is 4.79 Å². The number of carbonyl (C=O) groups excluding carboxylic acids is 1. The molecule has 0 radical (unpaired) electrons. The Morgan fingerprint density at radius 1 is 1.53 bits per heavy atom. The number of amides is 1. The van der Waals surface area contributed by atoms with Gasteiger partial charge in [-0.25, -0.2) is 0 Å². The van der Waals surface area contributed by atoms with Crippen molar-refractivity contribution in [3.05, 3.63) is 15.8 Å². The summed E-state index contributed by atoms with van der Waals surface area (Å²) in [4.78, 5) is 13.8. The highest BCUT2D eigenvalue weighted by atomic mass is 32.1. The van der Waals surface area contributed by atoms with Gasteiger partial charge in [0, 0.05) is 16.6 Å². The van der Waals surface area contributed by atoms with E-state index >= 15 is 0 Å². The third kappa shape index (κ3) is 3.00. The number of thiophene rings is 1. The molecule has 0 bridgehead atoms. The molecule has 3 N–H and O–H groups in total. The fraction of sp³-hybridized carbons (Fsp3) is 0.615. The van der Waals surface area contributed by atoms with Crippen LogP contribution in [0.4, 0.5) is 5.69 Å². The normalized spacial score (nSPS) is 24.6. The van der Waals surface area contributed by atoms with Crippen LogP contribution in [0, 0.1) is 12.8 Å². The van der Waals surface area contributed by atoms with E-state index in [0.29, 0.717) is 6.04 Å². The number of hydrogen-bond acceptors (Lipinski definition) is 3. The highest BCUT2D eigenvalue weighted by molar-refractivity contribution is 7.14. The fourth-order valence-corrected chi connectivity index (χ4v) is 3.27. The molecule has 17 heavy (non-hydrogen) atoms. The van der Waals surface area contributed by atoms with Crippen LogP contribution in [0.2, 0.25) is 0 Å². The average molecular weight is 252 g/mol. The first-order valence-corrected chi connectivity index (χ1v) is 7.04. The minimum Gasteiger partial charge on any atom is -0.398 e. The second-order valence-electron chi connectivity index (χ2n) is 5.06. The van der Waals surface area contributed by atoms with E-state index in [1.807, 2.05) is 6.92 Å². The number of anilines is 1. The third-order valence-corrected chi connectivity index (χ3v) is 4.52. The van der Waals surface area contributed by atoms with Crippen LogP contribution in [0.3, 0.4) is 0 Å². The van der Waals surface area contributed by atoms with E-state index in [9.17, 15) is 4.79 Å². The maximum atomic E-state index is 12.0. The molecule has 0 spiro atoms. The zero-order valence-corrected chi connectivity index (χ0v) is 11.3. The Labute approximate surface area is 106 Å². The van der Waals surface area contributed by atoms with E-state index in [0.717, 1.165) is 34.2 Å². The van der Waals surface area contributed by atoms with Gasteiger partial charge in [0.25, 0.3) is 5.91 Å². The van der Waals surface area contributed by atoms with Crippen LogP contribution in [0.1, 0.15) is 47.2 Å². The molecule has 2 atom stereocenters. The summed E-state index contributed by atoms with van der Waals surface area (Å²) in [6.07, 6.45) is 4.72. The molecule has 1 saturated carbocycles. The van der Waals surface area contributed by atoms with Crippen molar-refractivity contribution >= 4 is 22.9 Å². The summed E-state index contributed by atoms with van der Waals surface area (Å²) in [5.74, 6) is 0.762. The topological polar surface area (TPSA) is 55.1 Å². The fourth-order valence-electron chi connectivity index (χ4n) is 2.43. The second kappa shape index (κ2) is 5.08. The number of carbonyl (C=O) groups is 1. The largest absolute Gasteiger partial charge is 0.398 e. The van der Waals surface area contributed by atoms with Gasteiger partial charge >= 0.3 is 0 Å². The minimum atomic E-state index is 0.0360. The summed E-state index contributed by atoms with van der Waals surface area (Å²) in [5, 5.41) is 3.12. The lowest BCUT2D eigenvalue weighted by Gasteiger charge is -2.27. The van der Waals surface area contributed by atoms with Crippen LogP contribution in [0.25, 0.3) is 0 Å². The highest BCUT2D eigenvalue weighted by Crippen LogP contribution is 2.26. The molecule has 1 aliphatic rings. The molecular weight excluding hydrogens is 232 g/mol. The Morgan fingerprint density at radius 2 is 2.29 bits per heavy atom. The van der Waals surface area contributed by atoms with Crippen LogP contribution in [-0.4, -0.2) is 11.9 Å². The van der Waals surface area contributed by atoms with E-state index in [4.69, 9.17) is 5.73 Å². The van der Waals surface area contributed by atoms with Gasteiger partial charge in [0.2, 0.25) is 0 Å². The summed E-state index contributed by atoms with van der Waals surface area (Å²) < 4.78 is 0. The summed E-state index contributed by atoms with van der Waals surface area (Å²) in [6, 6.07) is 2.12. The van der Waals surface area contributed by atoms with Gasteiger partial charge in [0.15, 0.2) is 0 Å². The quantitative estimate of drug-likeness (QED) is 0.850. The number of nitrogen functional groups attached to an aromatic ring is 1. The van der Waals surface area contributed by atoms with Gasteiger partial charge < -0.3 is 11.1 Å². The van der Waals surface area contributed by atoms with Gasteiger partial charge in [-0.05, 0) is 31.7 Å². The third-order valence-electron chi connectivity index (χ3n) is 3.45. The lowest BCUT2D eigenvalue weighted by atomic mass is 9.87. The van der Waals surface area contributed by atoms with Gasteiger partial charge in [-0.3, -0.25) is 4.79 Å². The number of nitrogens with two attached hydrogens (primary N) is 1. The Kier molecular flexibility index (Phi) is 3.72. The number of hydrogen-bond donors (Lipinski definition) is 2. The molecule has 0 aliphatic heterocycles. The maximum absolute atomic E-state index is 12.0. The van der Waals surface area contributed by atoms with Crippen molar-refractivity contribution in [2.24, 2.45) is 5.92 Å². The molecule has 4 heteroatoms. The monoisotopic (exact) mass is 252 g/mol. The van der Waals surface area contributed by atoms with Crippen molar-refractivity contribution in [1.29, 1.82) is 0 Å². The van der Waals surface area contributed by atoms with Crippen LogP contribution in [0.15, 0.2) is 6.07 Å². The highest BCUT2D eigenvalue weighted by Gasteiger charge is 2.21. The first-order valence-electron chi connectivity index (χ1n) is 6.23. The molecule has 2 unspecified atom stereocenters. The van der Waals surface area contributed by atoms with Crippen molar-refractivity contribution in [2.45, 2.75) is 45.6 Å². The van der Waals surface area contributed by atoms with Crippen LogP contribution in [0.5, 0.6) is 0 Å². The SMILES string of the molecule is Cc1sc(C(=O)NC2CCCC(C)C2)cc1N. The van der Waals surface area contributed by atoms with Crippen LogP contribution < -0.4 is 11.1 Å². The molecule has 2 rings (SSSR count). The molecule has 1 aromatic rings. The molecule has 1 fully saturated rings. The van der Waals surface area contributed by atoms with E-state index < -0.39 is 0 Å². The zero-order chi connectivity index (χ0) is 12.4. The lowest BCUT2D eigenvalue weighted by Crippen LogP contribution is -2.37. The van der Waals surface area contributed by atoms with E-state index in [1.54, 1.807) is 6.07 Å². The molecule has 0 aromatic carbocycles. The van der Waals surface area contributed by atoms with Crippen molar-refractivity contribution in [1.82, 2.24) is 5.32 Å². The van der Waals surface area contributed by atoms with Gasteiger partial charge in [-0.2, -0.15) is 0 Å². The van der Waals surface area contributed by atoms with E-state index in [2.05, 4.69) is 12.2 Å². The van der Waals surface area contributed by atoms with Crippen LogP contribution in [-0.2, 0) is 0 Å². The summed E-state index contributed by atoms with van der Waals surface area (Å²) in [7, 11) is 0. The molecule has 1 aromatic heterocycles. The number of nitrogens with one attached hydrogen (secondary N) is 1. The predicted octanol–water partition coefficient (Wildman–Crippen LogP) is 2.95. The predicted molar refractivity (Wildman–Crippen MR) is 72.4 cm³/mol. The Morgan fingerprint density at radius 3 is 2.88 bits per heavy atom. The second-order valence-corrected chi connectivity index (χ2v) is 6.32. The summed E-state index contributed by atoms with van der Waals surface area (Å²) in [5.41, 5.74) is 6.48. The standard InChI is InChI=1S/C13H20N2OS/c1-8-4-3-5-10(6-8)15-13(16)12-7-11(14)9(2)17-12/h7-8,10H,3-6,14H2,1-2H3,(H,15,16). The summed E-state index contributed by atoms with van der Waals surface area (Å²) in [6.45, 7) is 4.20. The molecule has 1 aliphatic carbocycles. The zero-order valence-electron chi connectivity index (χ0n) is 10.5. The van der Waals surface area contributed by atoms with Crippen molar-refractivity contribution in [3.63, 3.8) is 0 Å². The molecule has 1 amide bonds. The van der Waals surface area contributed by atoms with Gasteiger partial charge in [-0.1, -0.05) is 19.8 Å². The molecule has 1 heterocycles. The van der Waals surface area contributed by atoms with E-state index in [-0.39, 0.29) is 5.91 Å².